The second kappa shape index (κ2) is 5.32. The molecule has 0 heterocycles. The molecule has 0 bridgehead atoms. The lowest BCUT2D eigenvalue weighted by molar-refractivity contribution is 0.627. The first-order chi connectivity index (χ1) is 6.29. The van der Waals surface area contributed by atoms with Gasteiger partial charge in [-0.25, -0.2) is 0 Å². The second-order valence-electron chi connectivity index (χ2n) is 2.48. The molecule has 0 aliphatic rings. The molecular weight excluding hydrogens is 184 g/mol. The zero-order valence-electron chi connectivity index (χ0n) is 7.05. The van der Waals surface area contributed by atoms with Crippen molar-refractivity contribution >= 4 is 21.7 Å². The van der Waals surface area contributed by atoms with E-state index in [-0.39, 0.29) is 0 Å². The van der Waals surface area contributed by atoms with Gasteiger partial charge in [-0.2, -0.15) is 8.42 Å². The van der Waals surface area contributed by atoms with Crippen molar-refractivity contribution in [2.24, 2.45) is 0 Å². The highest BCUT2D eigenvalue weighted by Gasteiger charge is 1.80. The van der Waals surface area contributed by atoms with E-state index in [1.54, 1.807) is 0 Å². The summed E-state index contributed by atoms with van der Waals surface area (Å²) < 4.78 is 20.2. The third-order valence-electron chi connectivity index (χ3n) is 1.48. The summed E-state index contributed by atoms with van der Waals surface area (Å²) in [5.74, 6) is 0. The molecule has 0 aliphatic heterocycles. The quantitative estimate of drug-likeness (QED) is 0.687. The molecule has 0 atom stereocenters. The minimum atomic E-state index is -2.05. The van der Waals surface area contributed by atoms with Crippen LogP contribution in [-0.2, 0) is 10.3 Å². The molecule has 0 fully saturated rings. The van der Waals surface area contributed by atoms with Crippen LogP contribution >= 0.6 is 0 Å². The second-order valence-corrected chi connectivity index (χ2v) is 3.33. The minimum absolute atomic E-state index is 0.449. The summed E-state index contributed by atoms with van der Waals surface area (Å²) in [7, 11) is -2.05. The Labute approximate surface area is 79.1 Å². The van der Waals surface area contributed by atoms with Gasteiger partial charge < -0.3 is 0 Å². The lowest BCUT2D eigenvalue weighted by atomic mass is 10.2. The van der Waals surface area contributed by atoms with Crippen LogP contribution < -0.4 is 0 Å². The summed E-state index contributed by atoms with van der Waals surface area (Å²) >= 11 is 0. The standard InChI is InChI=1S/C10H10O2S/c11-13(12)9-5-4-8-10-6-2-1-3-7-10/h1-4,6-9H,5H2. The number of hydrogen-bond donors (Lipinski definition) is 0. The van der Waals surface area contributed by atoms with Gasteiger partial charge in [-0.15, -0.1) is 0 Å². The van der Waals surface area contributed by atoms with Crippen LogP contribution in [0.2, 0.25) is 0 Å². The molecule has 0 radical (unpaired) electrons. The summed E-state index contributed by atoms with van der Waals surface area (Å²) in [4.78, 5) is 0. The Morgan fingerprint density at radius 2 is 1.85 bits per heavy atom. The van der Waals surface area contributed by atoms with E-state index in [0.29, 0.717) is 6.42 Å². The normalized spacial score (nSPS) is 10.2. The van der Waals surface area contributed by atoms with E-state index in [4.69, 9.17) is 0 Å². The first-order valence-electron chi connectivity index (χ1n) is 3.92. The molecule has 0 aromatic heterocycles. The van der Waals surface area contributed by atoms with Crippen molar-refractivity contribution in [2.45, 2.75) is 6.42 Å². The molecule has 1 aromatic carbocycles. The monoisotopic (exact) mass is 194 g/mol. The van der Waals surface area contributed by atoms with Gasteiger partial charge in [-0.05, 0) is 12.0 Å². The Balaban J connectivity index is 2.55. The maximum Gasteiger partial charge on any atom is 0.210 e. The maximum atomic E-state index is 10.1. The largest absolute Gasteiger partial charge is 0.210 e. The van der Waals surface area contributed by atoms with Crippen LogP contribution in [0.3, 0.4) is 0 Å². The molecule has 1 rings (SSSR count). The van der Waals surface area contributed by atoms with Crippen LogP contribution in [0.15, 0.2) is 36.4 Å². The van der Waals surface area contributed by atoms with Gasteiger partial charge in [-0.1, -0.05) is 42.5 Å². The van der Waals surface area contributed by atoms with E-state index in [1.807, 2.05) is 42.5 Å². The van der Waals surface area contributed by atoms with Gasteiger partial charge >= 0.3 is 0 Å². The smallest absolute Gasteiger partial charge is 0.185 e. The van der Waals surface area contributed by atoms with Crippen molar-refractivity contribution in [3.8, 4) is 0 Å². The Morgan fingerprint density at radius 1 is 1.15 bits per heavy atom. The Kier molecular flexibility index (Phi) is 3.99. The molecule has 0 saturated carbocycles. The number of hydrogen-bond acceptors (Lipinski definition) is 2. The van der Waals surface area contributed by atoms with Gasteiger partial charge in [0.05, 0.1) is 0 Å². The molecule has 3 heteroatoms. The van der Waals surface area contributed by atoms with E-state index in [1.165, 1.54) is 5.37 Å². The van der Waals surface area contributed by atoms with Crippen molar-refractivity contribution in [3.63, 3.8) is 0 Å². The van der Waals surface area contributed by atoms with Crippen LogP contribution in [-0.4, -0.2) is 13.8 Å². The van der Waals surface area contributed by atoms with Crippen molar-refractivity contribution in [3.05, 3.63) is 42.0 Å². The molecule has 68 valence electrons. The summed E-state index contributed by atoms with van der Waals surface area (Å²) in [6, 6.07) is 9.75. The molecule has 0 saturated heterocycles. The molecule has 0 spiro atoms. The highest BCUT2D eigenvalue weighted by atomic mass is 32.2. The summed E-state index contributed by atoms with van der Waals surface area (Å²) in [6.45, 7) is 0. The fourth-order valence-corrected chi connectivity index (χ4v) is 1.17. The molecule has 0 aliphatic carbocycles. The number of allylic oxidation sites excluding steroid dienone is 1. The van der Waals surface area contributed by atoms with Gasteiger partial charge in [0.25, 0.3) is 0 Å². The average molecular weight is 194 g/mol. The van der Waals surface area contributed by atoms with Crippen molar-refractivity contribution in [1.29, 1.82) is 0 Å². The lowest BCUT2D eigenvalue weighted by Crippen LogP contribution is -1.72. The summed E-state index contributed by atoms with van der Waals surface area (Å²) in [6.07, 6.45) is 4.15. The zero-order valence-corrected chi connectivity index (χ0v) is 7.87. The lowest BCUT2D eigenvalue weighted by Gasteiger charge is -1.88. The van der Waals surface area contributed by atoms with Gasteiger partial charge in [-0.3, -0.25) is 0 Å². The van der Waals surface area contributed by atoms with Crippen LogP contribution in [0.1, 0.15) is 12.0 Å². The number of rotatable bonds is 3. The van der Waals surface area contributed by atoms with E-state index in [0.717, 1.165) is 5.56 Å². The summed E-state index contributed by atoms with van der Waals surface area (Å²) in [5.41, 5.74) is 1.08. The fraction of sp³-hybridized carbons (Fsp3) is 0.100. The third kappa shape index (κ3) is 4.28. The summed E-state index contributed by atoms with van der Waals surface area (Å²) in [5, 5.41) is 1.22. The van der Waals surface area contributed by atoms with Crippen LogP contribution in [0.25, 0.3) is 6.08 Å². The molecule has 2 nitrogen and oxygen atoms in total. The van der Waals surface area contributed by atoms with E-state index in [9.17, 15) is 8.42 Å². The molecule has 0 unspecified atom stereocenters. The number of benzene rings is 1. The van der Waals surface area contributed by atoms with Gasteiger partial charge in [0.15, 0.2) is 0 Å². The maximum absolute atomic E-state index is 10.1. The highest BCUT2D eigenvalue weighted by molar-refractivity contribution is 7.71. The van der Waals surface area contributed by atoms with Gasteiger partial charge in [0, 0.05) is 5.37 Å². The van der Waals surface area contributed by atoms with Gasteiger partial charge in [0.2, 0.25) is 10.3 Å². The molecule has 0 amide bonds. The first kappa shape index (κ1) is 9.74. The SMILES string of the molecule is O=S(=O)=CCC=Cc1ccccc1. The predicted octanol–water partition coefficient (Wildman–Crippen LogP) is 1.77. The topological polar surface area (TPSA) is 34.1 Å². The van der Waals surface area contributed by atoms with E-state index in [2.05, 4.69) is 0 Å². The zero-order chi connectivity index (χ0) is 9.52. The molecule has 13 heavy (non-hydrogen) atoms. The first-order valence-corrected chi connectivity index (χ1v) is 5.06. The Bertz CT molecular complexity index is 394. The molecule has 1 aromatic rings. The third-order valence-corrected chi connectivity index (χ3v) is 1.94. The van der Waals surface area contributed by atoms with E-state index < -0.39 is 10.3 Å². The minimum Gasteiger partial charge on any atom is -0.185 e. The van der Waals surface area contributed by atoms with Crippen molar-refractivity contribution in [1.82, 2.24) is 0 Å². The van der Waals surface area contributed by atoms with Crippen LogP contribution in [0.5, 0.6) is 0 Å². The highest BCUT2D eigenvalue weighted by Crippen LogP contribution is 2.00. The van der Waals surface area contributed by atoms with Crippen molar-refractivity contribution < 1.29 is 8.42 Å². The molecule has 0 N–H and O–H groups in total. The predicted molar refractivity (Wildman–Crippen MR) is 55.1 cm³/mol. The molecular formula is C10H10O2S. The van der Waals surface area contributed by atoms with Crippen molar-refractivity contribution in [2.75, 3.05) is 0 Å². The Morgan fingerprint density at radius 3 is 2.46 bits per heavy atom. The van der Waals surface area contributed by atoms with Gasteiger partial charge in [0.1, 0.15) is 0 Å². The fourth-order valence-electron chi connectivity index (χ4n) is 0.902. The van der Waals surface area contributed by atoms with Crippen LogP contribution in [0.4, 0.5) is 0 Å². The van der Waals surface area contributed by atoms with E-state index >= 15 is 0 Å². The average Bonchev–Trinajstić information content (AvgIpc) is 2.14. The Hall–Kier alpha value is -1.35. The van der Waals surface area contributed by atoms with Crippen LogP contribution in [0, 0.1) is 0 Å².